The van der Waals surface area contributed by atoms with E-state index in [0.717, 1.165) is 10.7 Å². The van der Waals surface area contributed by atoms with Crippen molar-refractivity contribution in [2.24, 2.45) is 5.92 Å². The molecule has 1 N–H and O–H groups in total. The highest BCUT2D eigenvalue weighted by atomic mass is 32.1. The van der Waals surface area contributed by atoms with Crippen molar-refractivity contribution in [3.8, 4) is 5.88 Å². The maximum absolute atomic E-state index is 12.0. The Labute approximate surface area is 128 Å². The van der Waals surface area contributed by atoms with Gasteiger partial charge >= 0.3 is 0 Å². The van der Waals surface area contributed by atoms with Crippen LogP contribution in [0.15, 0.2) is 23.7 Å². The zero-order valence-corrected chi connectivity index (χ0v) is 13.2. The third kappa shape index (κ3) is 4.82. The minimum absolute atomic E-state index is 0.161. The first kappa shape index (κ1) is 15.4. The summed E-state index contributed by atoms with van der Waals surface area (Å²) in [7, 11) is 0. The molecule has 112 valence electrons. The van der Waals surface area contributed by atoms with Crippen molar-refractivity contribution in [3.05, 3.63) is 40.0 Å². The SMILES string of the molecule is Cc1csc(CNC(=O)c2ccc(OCC(C)C)nc2)n1. The summed E-state index contributed by atoms with van der Waals surface area (Å²) < 4.78 is 5.48. The Hall–Kier alpha value is -1.95. The van der Waals surface area contributed by atoms with Gasteiger partial charge in [0.25, 0.3) is 5.91 Å². The number of carbonyl (C=O) groups is 1. The predicted octanol–water partition coefficient (Wildman–Crippen LogP) is 2.81. The van der Waals surface area contributed by atoms with Crippen LogP contribution in [0.1, 0.15) is 34.9 Å². The van der Waals surface area contributed by atoms with Gasteiger partial charge in [-0.1, -0.05) is 13.8 Å². The van der Waals surface area contributed by atoms with E-state index in [4.69, 9.17) is 4.74 Å². The number of hydrogen-bond donors (Lipinski definition) is 1. The minimum atomic E-state index is -0.161. The van der Waals surface area contributed by atoms with Crippen LogP contribution in [0, 0.1) is 12.8 Å². The van der Waals surface area contributed by atoms with Gasteiger partial charge in [-0.2, -0.15) is 0 Å². The van der Waals surface area contributed by atoms with Crippen molar-refractivity contribution in [2.75, 3.05) is 6.61 Å². The number of aromatic nitrogens is 2. The van der Waals surface area contributed by atoms with Crippen LogP contribution in [0.4, 0.5) is 0 Å². The second-order valence-corrected chi connectivity index (χ2v) is 6.10. The molecule has 0 atom stereocenters. The van der Waals surface area contributed by atoms with Gasteiger partial charge in [0.05, 0.1) is 18.7 Å². The van der Waals surface area contributed by atoms with E-state index in [1.54, 1.807) is 12.1 Å². The Morgan fingerprint density at radius 2 is 2.24 bits per heavy atom. The Morgan fingerprint density at radius 1 is 1.43 bits per heavy atom. The van der Waals surface area contributed by atoms with E-state index in [0.29, 0.717) is 30.5 Å². The molecular weight excluding hydrogens is 286 g/mol. The number of aryl methyl sites for hydroxylation is 1. The first-order chi connectivity index (χ1) is 10.0. The first-order valence-corrected chi connectivity index (χ1v) is 7.70. The molecular formula is C15H19N3O2S. The zero-order valence-electron chi connectivity index (χ0n) is 12.4. The first-order valence-electron chi connectivity index (χ1n) is 6.82. The lowest BCUT2D eigenvalue weighted by Gasteiger charge is -2.08. The summed E-state index contributed by atoms with van der Waals surface area (Å²) >= 11 is 1.54. The van der Waals surface area contributed by atoms with Crippen LogP contribution in [0.3, 0.4) is 0 Å². The quantitative estimate of drug-likeness (QED) is 0.891. The van der Waals surface area contributed by atoms with Gasteiger partial charge < -0.3 is 10.1 Å². The van der Waals surface area contributed by atoms with Gasteiger partial charge in [-0.25, -0.2) is 9.97 Å². The normalized spacial score (nSPS) is 10.7. The third-order valence-electron chi connectivity index (χ3n) is 2.63. The Bertz CT molecular complexity index is 593. The molecule has 0 bridgehead atoms. The molecule has 0 saturated carbocycles. The number of hydrogen-bond acceptors (Lipinski definition) is 5. The van der Waals surface area contributed by atoms with Crippen molar-refractivity contribution in [3.63, 3.8) is 0 Å². The Kier molecular flexibility index (Phi) is 5.27. The summed E-state index contributed by atoms with van der Waals surface area (Å²) in [6, 6.07) is 3.43. The highest BCUT2D eigenvalue weighted by molar-refractivity contribution is 7.09. The van der Waals surface area contributed by atoms with Gasteiger partial charge in [0, 0.05) is 23.3 Å². The van der Waals surface area contributed by atoms with E-state index < -0.39 is 0 Å². The van der Waals surface area contributed by atoms with Gasteiger partial charge in [-0.15, -0.1) is 11.3 Å². The van der Waals surface area contributed by atoms with Gasteiger partial charge in [-0.3, -0.25) is 4.79 Å². The van der Waals surface area contributed by atoms with E-state index in [1.165, 1.54) is 17.5 Å². The molecule has 0 aliphatic carbocycles. The van der Waals surface area contributed by atoms with Gasteiger partial charge in [0.15, 0.2) is 0 Å². The Morgan fingerprint density at radius 3 is 2.81 bits per heavy atom. The van der Waals surface area contributed by atoms with Gasteiger partial charge in [0.1, 0.15) is 5.01 Å². The molecule has 2 heterocycles. The minimum Gasteiger partial charge on any atom is -0.477 e. The third-order valence-corrected chi connectivity index (χ3v) is 3.60. The summed E-state index contributed by atoms with van der Waals surface area (Å²) in [5, 5.41) is 5.68. The fourth-order valence-electron chi connectivity index (χ4n) is 1.59. The molecule has 0 aliphatic rings. The average molecular weight is 305 g/mol. The maximum atomic E-state index is 12.0. The smallest absolute Gasteiger partial charge is 0.253 e. The van der Waals surface area contributed by atoms with Crippen molar-refractivity contribution in [1.29, 1.82) is 0 Å². The summed E-state index contributed by atoms with van der Waals surface area (Å²) in [6.45, 7) is 7.12. The summed E-state index contributed by atoms with van der Waals surface area (Å²) in [5.74, 6) is 0.818. The molecule has 21 heavy (non-hydrogen) atoms. The molecule has 6 heteroatoms. The van der Waals surface area contributed by atoms with Crippen LogP contribution in [-0.4, -0.2) is 22.5 Å². The van der Waals surface area contributed by atoms with Crippen molar-refractivity contribution < 1.29 is 9.53 Å². The van der Waals surface area contributed by atoms with Crippen LogP contribution in [0.2, 0.25) is 0 Å². The lowest BCUT2D eigenvalue weighted by atomic mass is 10.2. The summed E-state index contributed by atoms with van der Waals surface area (Å²) in [6.07, 6.45) is 1.53. The topological polar surface area (TPSA) is 64.1 Å². The molecule has 0 aromatic carbocycles. The highest BCUT2D eigenvalue weighted by Crippen LogP contribution is 2.10. The molecule has 0 radical (unpaired) electrons. The monoisotopic (exact) mass is 305 g/mol. The largest absolute Gasteiger partial charge is 0.477 e. The van der Waals surface area contributed by atoms with Crippen molar-refractivity contribution in [2.45, 2.75) is 27.3 Å². The van der Waals surface area contributed by atoms with Gasteiger partial charge in [-0.05, 0) is 18.9 Å². The molecule has 2 aromatic heterocycles. The van der Waals surface area contributed by atoms with Crippen LogP contribution in [-0.2, 0) is 6.54 Å². The fourth-order valence-corrected chi connectivity index (χ4v) is 2.31. The highest BCUT2D eigenvalue weighted by Gasteiger charge is 2.08. The maximum Gasteiger partial charge on any atom is 0.253 e. The lowest BCUT2D eigenvalue weighted by Crippen LogP contribution is -2.22. The van der Waals surface area contributed by atoms with Crippen molar-refractivity contribution in [1.82, 2.24) is 15.3 Å². The number of amides is 1. The number of nitrogens with zero attached hydrogens (tertiary/aromatic N) is 2. The van der Waals surface area contributed by atoms with E-state index in [9.17, 15) is 4.79 Å². The van der Waals surface area contributed by atoms with E-state index in [1.807, 2.05) is 12.3 Å². The molecule has 0 saturated heterocycles. The lowest BCUT2D eigenvalue weighted by molar-refractivity contribution is 0.0950. The summed E-state index contributed by atoms with van der Waals surface area (Å²) in [5.41, 5.74) is 1.48. The van der Waals surface area contributed by atoms with Crippen LogP contribution in [0.5, 0.6) is 5.88 Å². The van der Waals surface area contributed by atoms with Crippen LogP contribution >= 0.6 is 11.3 Å². The molecule has 1 amide bonds. The van der Waals surface area contributed by atoms with Crippen LogP contribution < -0.4 is 10.1 Å². The predicted molar refractivity (Wildman–Crippen MR) is 82.6 cm³/mol. The number of thiazole rings is 1. The number of ether oxygens (including phenoxy) is 1. The van der Waals surface area contributed by atoms with E-state index in [-0.39, 0.29) is 5.91 Å². The van der Waals surface area contributed by atoms with Gasteiger partial charge in [0.2, 0.25) is 5.88 Å². The standard InChI is InChI=1S/C15H19N3O2S/c1-10(2)8-20-13-5-4-12(6-16-13)15(19)17-7-14-18-11(3)9-21-14/h4-6,9-10H,7-8H2,1-3H3,(H,17,19). The molecule has 0 fully saturated rings. The van der Waals surface area contributed by atoms with E-state index >= 15 is 0 Å². The second kappa shape index (κ2) is 7.17. The number of nitrogens with one attached hydrogen (secondary N) is 1. The summed E-state index contributed by atoms with van der Waals surface area (Å²) in [4.78, 5) is 20.4. The molecule has 2 rings (SSSR count). The van der Waals surface area contributed by atoms with E-state index in [2.05, 4.69) is 29.1 Å². The average Bonchev–Trinajstić information content (AvgIpc) is 2.89. The van der Waals surface area contributed by atoms with Crippen LogP contribution in [0.25, 0.3) is 0 Å². The molecule has 0 unspecified atom stereocenters. The number of rotatable bonds is 6. The second-order valence-electron chi connectivity index (χ2n) is 5.16. The molecule has 0 spiro atoms. The molecule has 5 nitrogen and oxygen atoms in total. The number of pyridine rings is 1. The fraction of sp³-hybridized carbons (Fsp3) is 0.400. The molecule has 2 aromatic rings. The number of carbonyl (C=O) groups excluding carboxylic acids is 1. The van der Waals surface area contributed by atoms with Crippen molar-refractivity contribution >= 4 is 17.2 Å². The zero-order chi connectivity index (χ0) is 15.2. The Balaban J connectivity index is 1.87. The molecule has 0 aliphatic heterocycles.